The van der Waals surface area contributed by atoms with E-state index in [9.17, 15) is 23.4 Å². The van der Waals surface area contributed by atoms with Crippen LogP contribution in [0.1, 0.15) is 11.1 Å². The Morgan fingerprint density at radius 3 is 2.62 bits per heavy atom. The zero-order valence-electron chi connectivity index (χ0n) is 13.4. The molecule has 1 unspecified atom stereocenters. The molecule has 0 fully saturated rings. The Morgan fingerprint density at radius 1 is 1.31 bits per heavy atom. The molecule has 6 nitrogen and oxygen atoms in total. The minimum absolute atomic E-state index is 0.154. The van der Waals surface area contributed by atoms with E-state index in [1.807, 2.05) is 0 Å². The van der Waals surface area contributed by atoms with Gasteiger partial charge in [-0.15, -0.1) is 0 Å². The Bertz CT molecular complexity index is 990. The molecule has 1 aromatic carbocycles. The first-order chi connectivity index (χ1) is 12.1. The molecule has 0 spiro atoms. The number of hydrogen-bond acceptors (Lipinski definition) is 5. The Kier molecular flexibility index (Phi) is 4.45. The molecule has 3 rings (SSSR count). The number of nitrogen functional groups attached to an aromatic ring is 1. The van der Waals surface area contributed by atoms with E-state index in [4.69, 9.17) is 5.73 Å². The number of fused-ring (bicyclic) bond motifs is 1. The van der Waals surface area contributed by atoms with Crippen LogP contribution in [0.5, 0.6) is 0 Å². The van der Waals surface area contributed by atoms with E-state index in [0.29, 0.717) is 27.1 Å². The number of aliphatic hydroxyl groups is 2. The molecule has 3 aromatic rings. The molecule has 26 heavy (non-hydrogen) atoms. The van der Waals surface area contributed by atoms with Crippen molar-refractivity contribution in [2.75, 3.05) is 12.3 Å². The third-order valence-electron chi connectivity index (χ3n) is 4.18. The lowest BCUT2D eigenvalue weighted by Gasteiger charge is -2.29. The number of hydrogen-bond donors (Lipinski definition) is 3. The summed E-state index contributed by atoms with van der Waals surface area (Å²) in [6, 6.07) is 3.76. The monoisotopic (exact) mass is 430 g/mol. The van der Waals surface area contributed by atoms with Crippen LogP contribution < -0.4 is 5.73 Å². The van der Waals surface area contributed by atoms with Crippen LogP contribution in [-0.4, -0.2) is 37.4 Å². The standard InChI is InChI=1S/C16H14BrF3N4O2/c1-8-2-3-9(15(26,7-25)16(18,19)20)4-10(8)11-5-22-14-13(21)23-12(17)6-24(11)14/h2-6,25-26H,7H2,1H3,(H2,21,23). The van der Waals surface area contributed by atoms with Gasteiger partial charge in [0.25, 0.3) is 0 Å². The van der Waals surface area contributed by atoms with Crippen LogP contribution in [0.25, 0.3) is 16.9 Å². The van der Waals surface area contributed by atoms with Crippen molar-refractivity contribution in [2.45, 2.75) is 18.7 Å². The van der Waals surface area contributed by atoms with Gasteiger partial charge in [-0.3, -0.25) is 4.40 Å². The average molecular weight is 431 g/mol. The summed E-state index contributed by atoms with van der Waals surface area (Å²) in [7, 11) is 0. The quantitative estimate of drug-likeness (QED) is 0.593. The molecular weight excluding hydrogens is 417 g/mol. The van der Waals surface area contributed by atoms with Crippen molar-refractivity contribution in [3.63, 3.8) is 0 Å². The van der Waals surface area contributed by atoms with Crippen LogP contribution >= 0.6 is 15.9 Å². The number of rotatable bonds is 3. The number of halogens is 4. The van der Waals surface area contributed by atoms with Gasteiger partial charge >= 0.3 is 6.18 Å². The number of nitrogens with two attached hydrogens (primary N) is 1. The van der Waals surface area contributed by atoms with Gasteiger partial charge in [0, 0.05) is 11.8 Å². The number of anilines is 1. The van der Waals surface area contributed by atoms with E-state index in [1.165, 1.54) is 18.3 Å². The van der Waals surface area contributed by atoms with E-state index in [-0.39, 0.29) is 5.82 Å². The van der Waals surface area contributed by atoms with Crippen molar-refractivity contribution < 1.29 is 23.4 Å². The fraction of sp³-hybridized carbons (Fsp3) is 0.250. The first-order valence-electron chi connectivity index (χ1n) is 7.39. The van der Waals surface area contributed by atoms with Gasteiger partial charge < -0.3 is 15.9 Å². The minimum Gasteiger partial charge on any atom is -0.393 e. The summed E-state index contributed by atoms with van der Waals surface area (Å²) in [4.78, 5) is 8.18. The summed E-state index contributed by atoms with van der Waals surface area (Å²) >= 11 is 3.22. The number of alkyl halides is 3. The number of benzene rings is 1. The van der Waals surface area contributed by atoms with E-state index in [1.54, 1.807) is 17.5 Å². The van der Waals surface area contributed by atoms with Gasteiger partial charge in [0.05, 0.1) is 18.5 Å². The van der Waals surface area contributed by atoms with Crippen LogP contribution in [0.2, 0.25) is 0 Å². The van der Waals surface area contributed by atoms with Gasteiger partial charge in [0.2, 0.25) is 5.60 Å². The Morgan fingerprint density at radius 2 is 2.00 bits per heavy atom. The zero-order valence-corrected chi connectivity index (χ0v) is 15.0. The number of nitrogens with zero attached hydrogens (tertiary/aromatic N) is 3. The summed E-state index contributed by atoms with van der Waals surface area (Å²) in [5.74, 6) is 0.154. The van der Waals surface area contributed by atoms with E-state index in [0.717, 1.165) is 6.07 Å². The fourth-order valence-corrected chi connectivity index (χ4v) is 3.08. The lowest BCUT2D eigenvalue weighted by atomic mass is 9.90. The van der Waals surface area contributed by atoms with Crippen molar-refractivity contribution >= 4 is 27.4 Å². The second-order valence-electron chi connectivity index (χ2n) is 5.83. The zero-order chi connectivity index (χ0) is 19.3. The molecule has 138 valence electrons. The highest BCUT2D eigenvalue weighted by Crippen LogP contribution is 2.40. The van der Waals surface area contributed by atoms with Crippen molar-refractivity contribution in [3.05, 3.63) is 46.3 Å². The van der Waals surface area contributed by atoms with Crippen LogP contribution in [0.3, 0.4) is 0 Å². The summed E-state index contributed by atoms with van der Waals surface area (Å²) in [6.45, 7) is 0.220. The Hall–Kier alpha value is -2.17. The second kappa shape index (κ2) is 6.22. The van der Waals surface area contributed by atoms with E-state index in [2.05, 4.69) is 25.9 Å². The first kappa shape index (κ1) is 18.6. The molecule has 0 aliphatic rings. The normalized spacial score (nSPS) is 14.6. The predicted molar refractivity (Wildman–Crippen MR) is 92.3 cm³/mol. The van der Waals surface area contributed by atoms with Crippen molar-refractivity contribution in [2.24, 2.45) is 0 Å². The van der Waals surface area contributed by atoms with Gasteiger partial charge in [-0.2, -0.15) is 13.2 Å². The maximum absolute atomic E-state index is 13.3. The highest BCUT2D eigenvalue weighted by atomic mass is 79.9. The maximum atomic E-state index is 13.3. The summed E-state index contributed by atoms with van der Waals surface area (Å²) in [6.07, 6.45) is -2.00. The largest absolute Gasteiger partial charge is 0.423 e. The Balaban J connectivity index is 2.25. The Labute approximate surface area is 154 Å². The molecule has 10 heteroatoms. The van der Waals surface area contributed by atoms with Crippen molar-refractivity contribution in [1.82, 2.24) is 14.4 Å². The van der Waals surface area contributed by atoms with Gasteiger partial charge in [0.15, 0.2) is 11.5 Å². The smallest absolute Gasteiger partial charge is 0.393 e. The maximum Gasteiger partial charge on any atom is 0.423 e. The van der Waals surface area contributed by atoms with Gasteiger partial charge in [-0.05, 0) is 40.0 Å². The van der Waals surface area contributed by atoms with Crippen molar-refractivity contribution in [1.29, 1.82) is 0 Å². The van der Waals surface area contributed by atoms with Gasteiger partial charge in [-0.25, -0.2) is 9.97 Å². The van der Waals surface area contributed by atoms with Crippen LogP contribution in [0.15, 0.2) is 35.2 Å². The van der Waals surface area contributed by atoms with Gasteiger partial charge in [-0.1, -0.05) is 12.1 Å². The van der Waals surface area contributed by atoms with E-state index >= 15 is 0 Å². The van der Waals surface area contributed by atoms with Gasteiger partial charge in [0.1, 0.15) is 4.60 Å². The molecule has 0 saturated heterocycles. The lowest BCUT2D eigenvalue weighted by Crippen LogP contribution is -2.45. The summed E-state index contributed by atoms with van der Waals surface area (Å²) in [5.41, 5.74) is 3.87. The molecule has 1 atom stereocenters. The third-order valence-corrected chi connectivity index (χ3v) is 4.56. The molecule has 0 aliphatic carbocycles. The molecule has 0 bridgehead atoms. The second-order valence-corrected chi connectivity index (χ2v) is 6.64. The fourth-order valence-electron chi connectivity index (χ4n) is 2.68. The lowest BCUT2D eigenvalue weighted by molar-refractivity contribution is -0.277. The average Bonchev–Trinajstić information content (AvgIpc) is 2.97. The topological polar surface area (TPSA) is 96.7 Å². The molecular formula is C16H14BrF3N4O2. The number of aromatic nitrogens is 3. The third kappa shape index (κ3) is 2.83. The molecule has 2 heterocycles. The number of aryl methyl sites for hydroxylation is 1. The molecule has 2 aromatic heterocycles. The molecule has 0 radical (unpaired) electrons. The van der Waals surface area contributed by atoms with E-state index < -0.39 is 23.9 Å². The van der Waals surface area contributed by atoms with Crippen LogP contribution in [0, 0.1) is 6.92 Å². The number of imidazole rings is 1. The summed E-state index contributed by atoms with van der Waals surface area (Å²) < 4.78 is 41.8. The van der Waals surface area contributed by atoms with Crippen LogP contribution in [-0.2, 0) is 5.60 Å². The molecule has 0 aliphatic heterocycles. The predicted octanol–water partition coefficient (Wildman–Crippen LogP) is 2.79. The molecule has 4 N–H and O–H groups in total. The number of aliphatic hydroxyl groups excluding tert-OH is 1. The minimum atomic E-state index is -5.04. The highest BCUT2D eigenvalue weighted by molar-refractivity contribution is 9.10. The highest BCUT2D eigenvalue weighted by Gasteiger charge is 2.54. The first-order valence-corrected chi connectivity index (χ1v) is 8.18. The van der Waals surface area contributed by atoms with Crippen LogP contribution in [0.4, 0.5) is 19.0 Å². The molecule has 0 saturated carbocycles. The SMILES string of the molecule is Cc1ccc(C(O)(CO)C(F)(F)F)cc1-c1cnc2c(N)nc(Br)cn12. The van der Waals surface area contributed by atoms with Crippen molar-refractivity contribution in [3.8, 4) is 11.3 Å². The molecule has 0 amide bonds. The summed E-state index contributed by atoms with van der Waals surface area (Å²) in [5, 5.41) is 19.2.